The van der Waals surface area contributed by atoms with Crippen molar-refractivity contribution >= 4 is 21.2 Å². The highest BCUT2D eigenvalue weighted by atomic mass is 32.2. The van der Waals surface area contributed by atoms with Crippen molar-refractivity contribution in [1.82, 2.24) is 10.3 Å². The van der Waals surface area contributed by atoms with Crippen LogP contribution in [0.3, 0.4) is 0 Å². The molecule has 1 rings (SSSR count). The molecule has 16 heavy (non-hydrogen) atoms. The molecule has 0 radical (unpaired) electrons. The highest BCUT2D eigenvalue weighted by Gasteiger charge is 2.06. The summed E-state index contributed by atoms with van der Waals surface area (Å²) in [5, 5.41) is 6.27. The van der Waals surface area contributed by atoms with Crippen LogP contribution in [-0.2, 0) is 16.4 Å². The number of thiazole rings is 1. The van der Waals surface area contributed by atoms with E-state index in [1.54, 1.807) is 18.3 Å². The van der Waals surface area contributed by atoms with Gasteiger partial charge in [0.2, 0.25) is 0 Å². The van der Waals surface area contributed by atoms with Crippen molar-refractivity contribution in [2.45, 2.75) is 26.8 Å². The van der Waals surface area contributed by atoms with Crippen molar-refractivity contribution in [1.29, 1.82) is 0 Å². The highest BCUT2D eigenvalue weighted by Crippen LogP contribution is 2.07. The highest BCUT2D eigenvalue weighted by molar-refractivity contribution is 7.91. The van der Waals surface area contributed by atoms with Gasteiger partial charge in [-0.1, -0.05) is 6.92 Å². The Morgan fingerprint density at radius 3 is 2.81 bits per heavy atom. The van der Waals surface area contributed by atoms with Crippen LogP contribution >= 0.6 is 11.3 Å². The van der Waals surface area contributed by atoms with E-state index in [-0.39, 0.29) is 11.5 Å². The lowest BCUT2D eigenvalue weighted by molar-refractivity contribution is 0.589. The number of hydrogen-bond donors (Lipinski definition) is 1. The van der Waals surface area contributed by atoms with Crippen LogP contribution < -0.4 is 5.32 Å². The molecule has 0 atom stereocenters. The van der Waals surface area contributed by atoms with Gasteiger partial charge in [0.15, 0.2) is 0 Å². The lowest BCUT2D eigenvalue weighted by atomic mass is 10.4. The van der Waals surface area contributed by atoms with Gasteiger partial charge in [-0.3, -0.25) is 0 Å². The molecule has 0 aliphatic heterocycles. The molecule has 1 aromatic heterocycles. The summed E-state index contributed by atoms with van der Waals surface area (Å²) in [6, 6.07) is 0. The van der Waals surface area contributed by atoms with E-state index < -0.39 is 9.84 Å². The average Bonchev–Trinajstić information content (AvgIpc) is 2.64. The second-order valence-electron chi connectivity index (χ2n) is 3.62. The topological polar surface area (TPSA) is 59.1 Å². The predicted octanol–water partition coefficient (Wildman–Crippen LogP) is 1.37. The number of nitrogens with zero attached hydrogens (tertiary/aromatic N) is 1. The molecular formula is C10H18N2O2S2. The second kappa shape index (κ2) is 6.32. The van der Waals surface area contributed by atoms with E-state index >= 15 is 0 Å². The van der Waals surface area contributed by atoms with Crippen LogP contribution in [0.4, 0.5) is 0 Å². The fourth-order valence-corrected chi connectivity index (χ4v) is 2.75. The van der Waals surface area contributed by atoms with Gasteiger partial charge in [0.1, 0.15) is 9.84 Å². The minimum atomic E-state index is -2.81. The molecule has 0 amide bonds. The van der Waals surface area contributed by atoms with E-state index in [2.05, 4.69) is 10.3 Å². The Labute approximate surface area is 101 Å². The van der Waals surface area contributed by atoms with E-state index in [0.717, 1.165) is 23.8 Å². The van der Waals surface area contributed by atoms with E-state index in [1.165, 1.54) is 0 Å². The molecule has 0 unspecified atom stereocenters. The maximum absolute atomic E-state index is 11.2. The third kappa shape index (κ3) is 5.05. The third-order valence-electron chi connectivity index (χ3n) is 2.22. The van der Waals surface area contributed by atoms with E-state index in [1.807, 2.05) is 12.3 Å². The maximum atomic E-state index is 11.2. The molecule has 1 N–H and O–H groups in total. The summed E-state index contributed by atoms with van der Waals surface area (Å²) in [7, 11) is -2.81. The van der Waals surface area contributed by atoms with E-state index in [0.29, 0.717) is 6.42 Å². The fraction of sp³-hybridized carbons (Fsp3) is 0.700. The summed E-state index contributed by atoms with van der Waals surface area (Å²) in [6.45, 7) is 5.09. The zero-order valence-corrected chi connectivity index (χ0v) is 11.3. The van der Waals surface area contributed by atoms with Crippen LogP contribution in [0, 0.1) is 6.92 Å². The van der Waals surface area contributed by atoms with Crippen LogP contribution in [0.25, 0.3) is 0 Å². The molecule has 0 saturated heterocycles. The van der Waals surface area contributed by atoms with E-state index in [4.69, 9.17) is 0 Å². The van der Waals surface area contributed by atoms with Crippen molar-refractivity contribution in [3.05, 3.63) is 16.1 Å². The smallest absolute Gasteiger partial charge is 0.150 e. The summed E-state index contributed by atoms with van der Waals surface area (Å²) in [6.07, 6.45) is 0.666. The summed E-state index contributed by atoms with van der Waals surface area (Å²) in [5.74, 6) is 0.505. The minimum Gasteiger partial charge on any atom is -0.311 e. The predicted molar refractivity (Wildman–Crippen MR) is 67.5 cm³/mol. The lowest BCUT2D eigenvalue weighted by Crippen LogP contribution is -2.19. The van der Waals surface area contributed by atoms with Crippen LogP contribution in [0.15, 0.2) is 5.38 Å². The first-order valence-corrected chi connectivity index (χ1v) is 8.06. The van der Waals surface area contributed by atoms with Gasteiger partial charge in [-0.25, -0.2) is 13.4 Å². The van der Waals surface area contributed by atoms with Gasteiger partial charge in [0.05, 0.1) is 16.5 Å². The van der Waals surface area contributed by atoms with Crippen molar-refractivity contribution < 1.29 is 8.42 Å². The molecule has 0 spiro atoms. The van der Waals surface area contributed by atoms with Crippen molar-refractivity contribution in [3.63, 3.8) is 0 Å². The van der Waals surface area contributed by atoms with Gasteiger partial charge in [0.25, 0.3) is 0 Å². The number of hydrogen-bond acceptors (Lipinski definition) is 5. The zero-order chi connectivity index (χ0) is 12.0. The molecule has 92 valence electrons. The Balaban J connectivity index is 2.13. The monoisotopic (exact) mass is 262 g/mol. The number of aromatic nitrogens is 1. The van der Waals surface area contributed by atoms with Crippen LogP contribution in [0.2, 0.25) is 0 Å². The Morgan fingerprint density at radius 1 is 1.50 bits per heavy atom. The van der Waals surface area contributed by atoms with Crippen molar-refractivity contribution in [2.24, 2.45) is 0 Å². The second-order valence-corrected chi connectivity index (χ2v) is 7.16. The third-order valence-corrected chi connectivity index (χ3v) is 4.83. The molecule has 1 aromatic rings. The average molecular weight is 262 g/mol. The zero-order valence-electron chi connectivity index (χ0n) is 9.69. The first kappa shape index (κ1) is 13.6. The standard InChI is InChI=1S/C10H18N2O2S2/c1-3-16(13,14)6-4-5-11-7-10-8-15-9(2)12-10/h8,11H,3-7H2,1-2H3. The van der Waals surface area contributed by atoms with Gasteiger partial charge < -0.3 is 5.32 Å². The maximum Gasteiger partial charge on any atom is 0.150 e. The SMILES string of the molecule is CCS(=O)(=O)CCCNCc1csc(C)n1. The molecule has 0 saturated carbocycles. The molecule has 1 heterocycles. The van der Waals surface area contributed by atoms with Crippen LogP contribution in [0.1, 0.15) is 24.0 Å². The first-order chi connectivity index (χ1) is 7.53. The Kier molecular flexibility index (Phi) is 5.37. The summed E-state index contributed by atoms with van der Waals surface area (Å²) < 4.78 is 22.4. The number of aryl methyl sites for hydroxylation is 1. The molecule has 0 bridgehead atoms. The summed E-state index contributed by atoms with van der Waals surface area (Å²) in [5.41, 5.74) is 1.03. The Bertz CT molecular complexity index is 412. The van der Waals surface area contributed by atoms with Crippen molar-refractivity contribution in [2.75, 3.05) is 18.1 Å². The van der Waals surface area contributed by atoms with Gasteiger partial charge in [0, 0.05) is 17.7 Å². The molecule has 0 fully saturated rings. The van der Waals surface area contributed by atoms with Crippen molar-refractivity contribution in [3.8, 4) is 0 Å². The minimum absolute atomic E-state index is 0.234. The first-order valence-electron chi connectivity index (χ1n) is 5.35. The molecule has 6 heteroatoms. The number of nitrogens with one attached hydrogen (secondary N) is 1. The van der Waals surface area contributed by atoms with Crippen LogP contribution in [-0.4, -0.2) is 31.5 Å². The molecule has 0 aliphatic rings. The van der Waals surface area contributed by atoms with Crippen LogP contribution in [0.5, 0.6) is 0 Å². The normalized spacial score (nSPS) is 11.9. The summed E-state index contributed by atoms with van der Waals surface area (Å²) >= 11 is 1.63. The summed E-state index contributed by atoms with van der Waals surface area (Å²) in [4.78, 5) is 4.31. The largest absolute Gasteiger partial charge is 0.311 e. The number of rotatable bonds is 7. The van der Waals surface area contributed by atoms with Gasteiger partial charge >= 0.3 is 0 Å². The Morgan fingerprint density at radius 2 is 2.25 bits per heavy atom. The quantitative estimate of drug-likeness (QED) is 0.754. The number of sulfone groups is 1. The molecular weight excluding hydrogens is 244 g/mol. The molecule has 4 nitrogen and oxygen atoms in total. The Hall–Kier alpha value is -0.460. The van der Waals surface area contributed by atoms with Gasteiger partial charge in [-0.2, -0.15) is 0 Å². The van der Waals surface area contributed by atoms with Gasteiger partial charge in [-0.05, 0) is 19.9 Å². The fourth-order valence-electron chi connectivity index (χ4n) is 1.27. The van der Waals surface area contributed by atoms with Gasteiger partial charge in [-0.15, -0.1) is 11.3 Å². The molecule has 0 aliphatic carbocycles. The lowest BCUT2D eigenvalue weighted by Gasteiger charge is -2.02. The molecule has 0 aromatic carbocycles. The van der Waals surface area contributed by atoms with E-state index in [9.17, 15) is 8.42 Å².